The number of ether oxygens (including phenoxy) is 1. The van der Waals surface area contributed by atoms with Crippen molar-refractivity contribution in [2.45, 2.75) is 39.2 Å². The van der Waals surface area contributed by atoms with E-state index in [4.69, 9.17) is 9.15 Å². The molecule has 3 aromatic rings. The van der Waals surface area contributed by atoms with Gasteiger partial charge in [-0.25, -0.2) is 18.6 Å². The number of carbonyl (C=O) groups is 2. The van der Waals surface area contributed by atoms with Gasteiger partial charge in [0.25, 0.3) is 0 Å². The molecule has 0 bridgehead atoms. The van der Waals surface area contributed by atoms with Crippen molar-refractivity contribution in [3.63, 3.8) is 0 Å². The van der Waals surface area contributed by atoms with E-state index in [0.717, 1.165) is 12.1 Å². The molecule has 2 amide bonds. The van der Waals surface area contributed by atoms with E-state index in [1.54, 1.807) is 39.0 Å². The van der Waals surface area contributed by atoms with Crippen LogP contribution < -0.4 is 10.6 Å². The summed E-state index contributed by atoms with van der Waals surface area (Å²) < 4.78 is 38.3. The Balaban J connectivity index is 1.62. The molecule has 0 aliphatic rings. The van der Waals surface area contributed by atoms with Gasteiger partial charge in [-0.2, -0.15) is 0 Å². The average Bonchev–Trinajstić information content (AvgIpc) is 3.16. The van der Waals surface area contributed by atoms with E-state index in [2.05, 4.69) is 15.6 Å². The van der Waals surface area contributed by atoms with Crippen LogP contribution in [0.2, 0.25) is 0 Å². The Morgan fingerprint density at radius 1 is 1.06 bits per heavy atom. The molecule has 0 fully saturated rings. The Morgan fingerprint density at radius 2 is 1.81 bits per heavy atom. The van der Waals surface area contributed by atoms with Crippen LogP contribution in [0.1, 0.15) is 33.1 Å². The zero-order valence-electron chi connectivity index (χ0n) is 17.9. The van der Waals surface area contributed by atoms with Gasteiger partial charge in [-0.05, 0) is 51.1 Å². The van der Waals surface area contributed by atoms with Crippen LogP contribution in [0.15, 0.2) is 53.1 Å². The van der Waals surface area contributed by atoms with Crippen LogP contribution in [0.3, 0.4) is 0 Å². The van der Waals surface area contributed by atoms with Crippen LogP contribution >= 0.6 is 0 Å². The SMILES string of the molecule is CC(C)(C)OC(=O)Nc1ccc(F)cc1NC(=O)CCc1ncc(-c2ccccc2F)o1. The van der Waals surface area contributed by atoms with E-state index in [0.29, 0.717) is 0 Å². The van der Waals surface area contributed by atoms with Gasteiger partial charge < -0.3 is 14.5 Å². The zero-order valence-corrected chi connectivity index (χ0v) is 17.9. The highest BCUT2D eigenvalue weighted by atomic mass is 19.1. The van der Waals surface area contributed by atoms with Crippen molar-refractivity contribution in [2.24, 2.45) is 0 Å². The topological polar surface area (TPSA) is 93.5 Å². The summed E-state index contributed by atoms with van der Waals surface area (Å²) in [4.78, 5) is 28.5. The van der Waals surface area contributed by atoms with Gasteiger partial charge >= 0.3 is 6.09 Å². The number of aryl methyl sites for hydroxylation is 1. The molecule has 0 aliphatic carbocycles. The predicted molar refractivity (Wildman–Crippen MR) is 115 cm³/mol. The van der Waals surface area contributed by atoms with Crippen LogP contribution in [0, 0.1) is 11.6 Å². The lowest BCUT2D eigenvalue weighted by Crippen LogP contribution is -2.27. The monoisotopic (exact) mass is 443 g/mol. The standard InChI is InChI=1S/C23H23F2N3O4/c1-23(2,3)32-22(30)28-17-9-8-14(24)12-18(17)27-20(29)10-11-21-26-13-19(31-21)15-6-4-5-7-16(15)25/h4-9,12-13H,10-11H2,1-3H3,(H,27,29)(H,28,30). The summed E-state index contributed by atoms with van der Waals surface area (Å²) in [5.74, 6) is -0.966. The molecule has 168 valence electrons. The minimum atomic E-state index is -0.736. The van der Waals surface area contributed by atoms with Crippen molar-refractivity contribution in [3.8, 4) is 11.3 Å². The minimum absolute atomic E-state index is 0.0282. The molecule has 9 heteroatoms. The van der Waals surface area contributed by atoms with Gasteiger partial charge in [0.15, 0.2) is 11.7 Å². The fourth-order valence-corrected chi connectivity index (χ4v) is 2.79. The predicted octanol–water partition coefficient (Wildman–Crippen LogP) is 5.54. The number of hydrogen-bond acceptors (Lipinski definition) is 5. The third kappa shape index (κ3) is 6.37. The lowest BCUT2D eigenvalue weighted by atomic mass is 10.2. The second kappa shape index (κ2) is 9.59. The number of aromatic nitrogens is 1. The molecule has 0 radical (unpaired) electrons. The summed E-state index contributed by atoms with van der Waals surface area (Å²) in [5.41, 5.74) is -0.175. The van der Waals surface area contributed by atoms with Gasteiger partial charge in [-0.3, -0.25) is 10.1 Å². The maximum atomic E-state index is 13.9. The molecule has 2 N–H and O–H groups in total. The molecule has 0 saturated heterocycles. The number of hydrogen-bond donors (Lipinski definition) is 2. The number of anilines is 2. The second-order valence-corrected chi connectivity index (χ2v) is 7.96. The molecule has 1 aromatic heterocycles. The summed E-state index contributed by atoms with van der Waals surface area (Å²) >= 11 is 0. The second-order valence-electron chi connectivity index (χ2n) is 7.96. The average molecular weight is 443 g/mol. The van der Waals surface area contributed by atoms with Crippen molar-refractivity contribution < 1.29 is 27.5 Å². The number of benzene rings is 2. The summed E-state index contributed by atoms with van der Waals surface area (Å²) in [6.07, 6.45) is 0.769. The Morgan fingerprint density at radius 3 is 2.53 bits per heavy atom. The van der Waals surface area contributed by atoms with E-state index < -0.39 is 29.2 Å². The Labute approximate surface area is 183 Å². The van der Waals surface area contributed by atoms with Crippen LogP contribution in [-0.2, 0) is 16.0 Å². The Kier molecular flexibility index (Phi) is 6.87. The van der Waals surface area contributed by atoms with Crippen LogP contribution in [0.25, 0.3) is 11.3 Å². The smallest absolute Gasteiger partial charge is 0.412 e. The van der Waals surface area contributed by atoms with Gasteiger partial charge in [0.2, 0.25) is 5.91 Å². The number of halogens is 2. The molecule has 0 atom stereocenters. The first-order valence-electron chi connectivity index (χ1n) is 9.90. The first-order valence-corrected chi connectivity index (χ1v) is 9.90. The number of nitrogens with zero attached hydrogens (tertiary/aromatic N) is 1. The molecule has 2 aromatic carbocycles. The molecular formula is C23H23F2N3O4. The van der Waals surface area contributed by atoms with E-state index >= 15 is 0 Å². The lowest BCUT2D eigenvalue weighted by molar-refractivity contribution is -0.116. The van der Waals surface area contributed by atoms with Crippen LogP contribution in [0.4, 0.5) is 25.0 Å². The first-order chi connectivity index (χ1) is 15.1. The summed E-state index contributed by atoms with van der Waals surface area (Å²) in [6.45, 7) is 5.13. The molecule has 0 aliphatic heterocycles. The zero-order chi connectivity index (χ0) is 23.3. The summed E-state index contributed by atoms with van der Waals surface area (Å²) in [7, 11) is 0. The highest BCUT2D eigenvalue weighted by Gasteiger charge is 2.18. The number of carbonyl (C=O) groups excluding carboxylic acids is 2. The Bertz CT molecular complexity index is 1120. The number of oxazole rings is 1. The van der Waals surface area contributed by atoms with E-state index in [1.165, 1.54) is 18.3 Å². The maximum Gasteiger partial charge on any atom is 0.412 e. The van der Waals surface area contributed by atoms with Gasteiger partial charge in [-0.15, -0.1) is 0 Å². The molecule has 0 unspecified atom stereocenters. The fraction of sp³-hybridized carbons (Fsp3) is 0.261. The van der Waals surface area contributed by atoms with Gasteiger partial charge in [0.05, 0.1) is 23.1 Å². The molecule has 7 nitrogen and oxygen atoms in total. The maximum absolute atomic E-state index is 13.9. The van der Waals surface area contributed by atoms with Crippen LogP contribution in [0.5, 0.6) is 0 Å². The number of nitrogens with one attached hydrogen (secondary N) is 2. The molecule has 3 rings (SSSR count). The minimum Gasteiger partial charge on any atom is -0.444 e. The first kappa shape index (κ1) is 22.9. The van der Waals surface area contributed by atoms with Gasteiger partial charge in [0.1, 0.15) is 17.2 Å². The van der Waals surface area contributed by atoms with E-state index in [-0.39, 0.29) is 41.4 Å². The highest BCUT2D eigenvalue weighted by Crippen LogP contribution is 2.25. The molecule has 1 heterocycles. The number of rotatable bonds is 6. The van der Waals surface area contributed by atoms with Crippen molar-refractivity contribution in [3.05, 3.63) is 66.2 Å². The summed E-state index contributed by atoms with van der Waals surface area (Å²) in [5, 5.41) is 5.05. The Hall–Kier alpha value is -3.75. The van der Waals surface area contributed by atoms with Gasteiger partial charge in [-0.1, -0.05) is 12.1 Å². The highest BCUT2D eigenvalue weighted by molar-refractivity contribution is 5.97. The van der Waals surface area contributed by atoms with Gasteiger partial charge in [0, 0.05) is 12.8 Å². The lowest BCUT2D eigenvalue weighted by Gasteiger charge is -2.20. The number of amides is 2. The van der Waals surface area contributed by atoms with E-state index in [9.17, 15) is 18.4 Å². The quantitative estimate of drug-likeness (QED) is 0.522. The molecule has 0 saturated carbocycles. The largest absolute Gasteiger partial charge is 0.444 e. The van der Waals surface area contributed by atoms with Crippen molar-refractivity contribution in [2.75, 3.05) is 10.6 Å². The molecule has 0 spiro atoms. The van der Waals surface area contributed by atoms with Crippen molar-refractivity contribution in [1.29, 1.82) is 0 Å². The normalized spacial score (nSPS) is 11.2. The fourth-order valence-electron chi connectivity index (χ4n) is 2.79. The third-order valence-electron chi connectivity index (χ3n) is 4.15. The van der Waals surface area contributed by atoms with E-state index in [1.807, 2.05) is 0 Å². The van der Waals surface area contributed by atoms with Crippen molar-refractivity contribution >= 4 is 23.4 Å². The molecular weight excluding hydrogens is 420 g/mol. The van der Waals surface area contributed by atoms with Crippen LogP contribution in [-0.4, -0.2) is 22.6 Å². The molecule has 32 heavy (non-hydrogen) atoms. The summed E-state index contributed by atoms with van der Waals surface area (Å²) in [6, 6.07) is 9.69. The van der Waals surface area contributed by atoms with Crippen molar-refractivity contribution in [1.82, 2.24) is 4.98 Å². The third-order valence-corrected chi connectivity index (χ3v) is 4.15.